The minimum absolute atomic E-state index is 0.0632. The molecular weight excluding hydrogens is 420 g/mol. The quantitative estimate of drug-likeness (QED) is 0.555. The van der Waals surface area contributed by atoms with Crippen molar-refractivity contribution < 1.29 is 18.3 Å². The van der Waals surface area contributed by atoms with Crippen LogP contribution in [0.15, 0.2) is 34.9 Å². The molecule has 0 saturated heterocycles. The molecule has 1 saturated carbocycles. The molecule has 1 aliphatic heterocycles. The van der Waals surface area contributed by atoms with Crippen molar-refractivity contribution in [2.75, 3.05) is 10.6 Å². The Hall–Kier alpha value is -1.93. The van der Waals surface area contributed by atoms with Crippen LogP contribution in [-0.2, 0) is 10.2 Å². The first-order chi connectivity index (χ1) is 11.8. The number of pyridine rings is 1. The van der Waals surface area contributed by atoms with Gasteiger partial charge < -0.3 is 10.1 Å². The van der Waals surface area contributed by atoms with Crippen LogP contribution >= 0.6 is 27.5 Å². The predicted octanol–water partition coefficient (Wildman–Crippen LogP) is 4.52. The van der Waals surface area contributed by atoms with E-state index in [9.17, 15) is 13.6 Å². The van der Waals surface area contributed by atoms with E-state index in [0.717, 1.165) is 0 Å². The zero-order chi connectivity index (χ0) is 17.8. The maximum atomic E-state index is 13.3. The molecule has 0 bridgehead atoms. The predicted molar refractivity (Wildman–Crippen MR) is 92.1 cm³/mol. The summed E-state index contributed by atoms with van der Waals surface area (Å²) >= 11 is 9.09. The summed E-state index contributed by atoms with van der Waals surface area (Å²) in [5.74, 6) is 0.190. The van der Waals surface area contributed by atoms with Crippen molar-refractivity contribution in [3.63, 3.8) is 0 Å². The highest BCUT2D eigenvalue weighted by Gasteiger charge is 2.52. The molecule has 0 radical (unpaired) electrons. The number of carbonyl (C=O) groups is 1. The number of nitrogens with one attached hydrogen (secondary N) is 2. The summed E-state index contributed by atoms with van der Waals surface area (Å²) in [6.07, 6.45) is -2.17. The largest absolute Gasteiger partial charge is 0.494 e. The minimum atomic E-state index is -3.43. The Kier molecular flexibility index (Phi) is 3.66. The van der Waals surface area contributed by atoms with E-state index < -0.39 is 11.6 Å². The number of carbonyl (C=O) groups excluding carboxylic acids is 1. The molecule has 2 heterocycles. The van der Waals surface area contributed by atoms with Crippen molar-refractivity contribution in [2.24, 2.45) is 0 Å². The third-order valence-electron chi connectivity index (χ3n) is 4.28. The average Bonchev–Trinajstić information content (AvgIpc) is 3.28. The van der Waals surface area contributed by atoms with Crippen molar-refractivity contribution in [3.8, 4) is 5.75 Å². The third-order valence-corrected chi connectivity index (χ3v) is 5.42. The van der Waals surface area contributed by atoms with Crippen molar-refractivity contribution in [3.05, 3.63) is 45.5 Å². The van der Waals surface area contributed by atoms with Gasteiger partial charge in [-0.2, -0.15) is 0 Å². The molecule has 1 fully saturated rings. The van der Waals surface area contributed by atoms with Crippen molar-refractivity contribution in [2.45, 2.75) is 24.5 Å². The summed E-state index contributed by atoms with van der Waals surface area (Å²) in [6.45, 7) is 0. The topological polar surface area (TPSA) is 63.2 Å². The number of rotatable bonds is 3. The first-order valence-electron chi connectivity index (χ1n) is 7.42. The van der Waals surface area contributed by atoms with Crippen LogP contribution in [0, 0.1) is 0 Å². The number of halogens is 4. The third kappa shape index (κ3) is 2.93. The molecule has 1 aliphatic carbocycles. The highest BCUT2D eigenvalue weighted by Crippen LogP contribution is 2.51. The first-order valence-corrected chi connectivity index (χ1v) is 8.59. The second-order valence-corrected chi connectivity index (χ2v) is 7.12. The Bertz CT molecular complexity index is 890. The summed E-state index contributed by atoms with van der Waals surface area (Å²) in [6, 6.07) is 7.84. The smallest absolute Gasteiger partial charge is 0.413 e. The van der Waals surface area contributed by atoms with E-state index >= 15 is 0 Å². The van der Waals surface area contributed by atoms with E-state index in [1.54, 1.807) is 18.2 Å². The van der Waals surface area contributed by atoms with Crippen LogP contribution in [0.2, 0.25) is 5.02 Å². The normalized spacial score (nSPS) is 18.7. The number of hydrogen-bond donors (Lipinski definition) is 2. The van der Waals surface area contributed by atoms with Crippen LogP contribution in [0.4, 0.5) is 20.3 Å². The van der Waals surface area contributed by atoms with Gasteiger partial charge in [-0.1, -0.05) is 17.7 Å². The SMILES string of the molecule is O=C(Nc1ccc(Cl)c(Br)n1)C1(c2ccc3c(c2)NC(F)(F)O3)CC1. The maximum Gasteiger partial charge on any atom is 0.494 e. The van der Waals surface area contributed by atoms with Gasteiger partial charge in [-0.3, -0.25) is 10.1 Å². The van der Waals surface area contributed by atoms with Crippen LogP contribution in [0.1, 0.15) is 18.4 Å². The number of amides is 1. The monoisotopic (exact) mass is 429 g/mol. The lowest BCUT2D eigenvalue weighted by molar-refractivity contribution is -0.138. The zero-order valence-corrected chi connectivity index (χ0v) is 14.9. The van der Waals surface area contributed by atoms with Gasteiger partial charge in [-0.25, -0.2) is 4.98 Å². The number of fused-ring (bicyclic) bond motifs is 1. The molecule has 0 unspecified atom stereocenters. The lowest BCUT2D eigenvalue weighted by atomic mass is 9.94. The minimum Gasteiger partial charge on any atom is -0.413 e. The van der Waals surface area contributed by atoms with Gasteiger partial charge in [0.1, 0.15) is 10.4 Å². The Morgan fingerprint density at radius 1 is 1.32 bits per heavy atom. The van der Waals surface area contributed by atoms with E-state index in [2.05, 4.69) is 31.0 Å². The van der Waals surface area contributed by atoms with Gasteiger partial charge in [0.2, 0.25) is 5.91 Å². The van der Waals surface area contributed by atoms with E-state index in [0.29, 0.717) is 33.8 Å². The molecule has 2 aliphatic rings. The van der Waals surface area contributed by atoms with Gasteiger partial charge in [-0.15, -0.1) is 8.78 Å². The second-order valence-electron chi connectivity index (χ2n) is 5.96. The highest BCUT2D eigenvalue weighted by atomic mass is 79.9. The number of nitrogens with zero attached hydrogens (tertiary/aromatic N) is 1. The van der Waals surface area contributed by atoms with E-state index in [-0.39, 0.29) is 17.3 Å². The summed E-state index contributed by atoms with van der Waals surface area (Å²) in [4.78, 5) is 16.9. The molecule has 0 spiro atoms. The molecule has 2 aromatic rings. The average molecular weight is 431 g/mol. The van der Waals surface area contributed by atoms with Gasteiger partial charge in [0.25, 0.3) is 0 Å². The summed E-state index contributed by atoms with van der Waals surface area (Å²) in [5.41, 5.74) is 0.0852. The molecular formula is C16H11BrClF2N3O2. The summed E-state index contributed by atoms with van der Waals surface area (Å²) in [7, 11) is 0. The number of hydrogen-bond acceptors (Lipinski definition) is 4. The molecule has 25 heavy (non-hydrogen) atoms. The molecule has 130 valence electrons. The number of anilines is 2. The maximum absolute atomic E-state index is 13.3. The van der Waals surface area contributed by atoms with Crippen LogP contribution in [0.25, 0.3) is 0 Å². The van der Waals surface area contributed by atoms with Gasteiger partial charge in [0.15, 0.2) is 5.75 Å². The number of alkyl halides is 2. The molecule has 1 aromatic heterocycles. The fourth-order valence-corrected chi connectivity index (χ4v) is 3.26. The van der Waals surface area contributed by atoms with Gasteiger partial charge in [0, 0.05) is 0 Å². The highest BCUT2D eigenvalue weighted by molar-refractivity contribution is 9.10. The van der Waals surface area contributed by atoms with Gasteiger partial charge in [0.05, 0.1) is 16.1 Å². The fraction of sp³-hybridized carbons (Fsp3) is 0.250. The molecule has 5 nitrogen and oxygen atoms in total. The van der Waals surface area contributed by atoms with Gasteiger partial charge >= 0.3 is 6.23 Å². The van der Waals surface area contributed by atoms with Crippen molar-refractivity contribution in [1.29, 1.82) is 0 Å². The Balaban J connectivity index is 1.58. The molecule has 4 rings (SSSR count). The van der Waals surface area contributed by atoms with Gasteiger partial charge in [-0.05, 0) is 58.6 Å². The van der Waals surface area contributed by atoms with Crippen LogP contribution in [0.3, 0.4) is 0 Å². The zero-order valence-electron chi connectivity index (χ0n) is 12.6. The first kappa shape index (κ1) is 16.5. The molecule has 9 heteroatoms. The number of aromatic nitrogens is 1. The van der Waals surface area contributed by atoms with Crippen molar-refractivity contribution in [1.82, 2.24) is 4.98 Å². The van der Waals surface area contributed by atoms with E-state index in [1.165, 1.54) is 12.1 Å². The molecule has 1 amide bonds. The van der Waals surface area contributed by atoms with E-state index in [1.807, 2.05) is 5.32 Å². The standard InChI is InChI=1S/C16H11BrClF2N3O2/c17-13-9(18)2-4-12(21-13)22-14(24)15(5-6-15)8-1-3-11-10(7-8)23-16(19,20)25-11/h1-4,7,23H,5-6H2,(H,21,22,24). The number of ether oxygens (including phenoxy) is 1. The van der Waals surface area contributed by atoms with Crippen molar-refractivity contribution >= 4 is 44.9 Å². The Labute approximate surface area is 154 Å². The summed E-state index contributed by atoms with van der Waals surface area (Å²) < 4.78 is 31.4. The number of benzene rings is 1. The lowest BCUT2D eigenvalue weighted by Crippen LogP contribution is -2.29. The molecule has 0 atom stereocenters. The Morgan fingerprint density at radius 2 is 2.08 bits per heavy atom. The second kappa shape index (κ2) is 5.54. The van der Waals surface area contributed by atoms with Crippen LogP contribution in [0.5, 0.6) is 5.75 Å². The lowest BCUT2D eigenvalue weighted by Gasteiger charge is -2.16. The van der Waals surface area contributed by atoms with Crippen LogP contribution in [-0.4, -0.2) is 17.1 Å². The molecule has 1 aromatic carbocycles. The van der Waals surface area contributed by atoms with E-state index in [4.69, 9.17) is 11.6 Å². The Morgan fingerprint density at radius 3 is 2.76 bits per heavy atom. The van der Waals surface area contributed by atoms with Crippen LogP contribution < -0.4 is 15.4 Å². The molecule has 2 N–H and O–H groups in total. The fourth-order valence-electron chi connectivity index (χ4n) is 2.83. The summed E-state index contributed by atoms with van der Waals surface area (Å²) in [5, 5.41) is 5.19.